The van der Waals surface area contributed by atoms with Gasteiger partial charge in [-0.3, -0.25) is 4.79 Å². The number of hydrogen-bond acceptors (Lipinski definition) is 4. The van der Waals surface area contributed by atoms with Gasteiger partial charge in [-0.15, -0.1) is 0 Å². The van der Waals surface area contributed by atoms with Gasteiger partial charge in [-0.25, -0.2) is 0 Å². The third-order valence-corrected chi connectivity index (χ3v) is 6.58. The summed E-state index contributed by atoms with van der Waals surface area (Å²) in [7, 11) is 2.15. The van der Waals surface area contributed by atoms with E-state index in [9.17, 15) is 4.79 Å². The van der Waals surface area contributed by atoms with Crippen molar-refractivity contribution in [1.29, 1.82) is 0 Å². The van der Waals surface area contributed by atoms with Gasteiger partial charge in [-0.2, -0.15) is 0 Å². The summed E-state index contributed by atoms with van der Waals surface area (Å²) >= 11 is 6.01. The molecule has 0 N–H and O–H groups in total. The van der Waals surface area contributed by atoms with E-state index in [1.807, 2.05) is 66.7 Å². The van der Waals surface area contributed by atoms with Gasteiger partial charge in [0.15, 0.2) is 0 Å². The van der Waals surface area contributed by atoms with Crippen LogP contribution < -0.4 is 14.4 Å². The molecule has 1 unspecified atom stereocenters. The van der Waals surface area contributed by atoms with E-state index >= 15 is 0 Å². The second-order valence-electron chi connectivity index (χ2n) is 8.74. The highest BCUT2D eigenvalue weighted by molar-refractivity contribution is 6.30. The Hall–Kier alpha value is -3.02. The molecule has 33 heavy (non-hydrogen) atoms. The lowest BCUT2D eigenvalue weighted by Gasteiger charge is -2.20. The van der Waals surface area contributed by atoms with Gasteiger partial charge in [0.1, 0.15) is 18.1 Å². The number of anilines is 1. The number of benzene rings is 3. The van der Waals surface area contributed by atoms with E-state index in [0.29, 0.717) is 35.4 Å². The smallest absolute Gasteiger partial charge is 0.262 e. The predicted molar refractivity (Wildman–Crippen MR) is 132 cm³/mol. The van der Waals surface area contributed by atoms with Crippen molar-refractivity contribution in [1.82, 2.24) is 4.90 Å². The summed E-state index contributed by atoms with van der Waals surface area (Å²) in [5.74, 6) is 1.96. The van der Waals surface area contributed by atoms with Crippen molar-refractivity contribution in [2.45, 2.75) is 6.42 Å². The quantitative estimate of drug-likeness (QED) is 0.510. The number of ether oxygens (including phenoxy) is 2. The normalized spacial score (nSPS) is 18.5. The monoisotopic (exact) mass is 462 g/mol. The highest BCUT2D eigenvalue weighted by Gasteiger charge is 2.25. The number of fused-ring (bicyclic) bond motifs is 1. The maximum absolute atomic E-state index is 13.3. The van der Waals surface area contributed by atoms with Gasteiger partial charge in [0.25, 0.3) is 5.91 Å². The molecule has 0 bridgehead atoms. The number of nitrogens with zero attached hydrogens (tertiary/aromatic N) is 2. The summed E-state index contributed by atoms with van der Waals surface area (Å²) in [6.45, 7) is 3.85. The van der Waals surface area contributed by atoms with Crippen molar-refractivity contribution >= 4 is 23.2 Å². The molecule has 170 valence electrons. The molecule has 6 heteroatoms. The first-order chi connectivity index (χ1) is 16.1. The maximum atomic E-state index is 13.3. The Labute approximate surface area is 199 Å². The van der Waals surface area contributed by atoms with Crippen molar-refractivity contribution in [3.05, 3.63) is 77.3 Å². The van der Waals surface area contributed by atoms with E-state index in [0.717, 1.165) is 42.3 Å². The fourth-order valence-corrected chi connectivity index (χ4v) is 4.61. The molecule has 0 aromatic heterocycles. The van der Waals surface area contributed by atoms with Gasteiger partial charge in [-0.05, 0) is 79.7 Å². The van der Waals surface area contributed by atoms with Crippen molar-refractivity contribution in [2.24, 2.45) is 5.92 Å². The number of rotatable bonds is 5. The largest absolute Gasteiger partial charge is 0.493 e. The van der Waals surface area contributed by atoms with Crippen LogP contribution in [0.15, 0.2) is 66.7 Å². The van der Waals surface area contributed by atoms with Gasteiger partial charge in [-0.1, -0.05) is 29.8 Å². The highest BCUT2D eigenvalue weighted by Crippen LogP contribution is 2.32. The first kappa shape index (κ1) is 21.8. The average Bonchev–Trinajstić information content (AvgIpc) is 3.18. The molecule has 0 radical (unpaired) electrons. The minimum atomic E-state index is -0.0622. The SMILES string of the molecule is CN1CCC(COc2ccc(N3CCOc4cc(-c5ccc(Cl)cc5)ccc4C3=O)cc2)C1. The Kier molecular flexibility index (Phi) is 6.25. The zero-order valence-corrected chi connectivity index (χ0v) is 19.4. The van der Waals surface area contributed by atoms with Crippen LogP contribution in [0.2, 0.25) is 5.02 Å². The van der Waals surface area contributed by atoms with Gasteiger partial charge in [0.2, 0.25) is 0 Å². The summed E-state index contributed by atoms with van der Waals surface area (Å²) in [5, 5.41) is 0.693. The topological polar surface area (TPSA) is 42.0 Å². The van der Waals surface area contributed by atoms with Crippen molar-refractivity contribution in [3.63, 3.8) is 0 Å². The van der Waals surface area contributed by atoms with Crippen LogP contribution >= 0.6 is 11.6 Å². The Morgan fingerprint density at radius 1 is 1.00 bits per heavy atom. The lowest BCUT2D eigenvalue weighted by Crippen LogP contribution is -2.32. The van der Waals surface area contributed by atoms with Gasteiger partial charge in [0, 0.05) is 23.2 Å². The van der Waals surface area contributed by atoms with E-state index in [4.69, 9.17) is 21.1 Å². The second kappa shape index (κ2) is 9.46. The minimum Gasteiger partial charge on any atom is -0.493 e. The van der Waals surface area contributed by atoms with Crippen molar-refractivity contribution < 1.29 is 14.3 Å². The molecule has 1 amide bonds. The summed E-state index contributed by atoms with van der Waals surface area (Å²) in [6.07, 6.45) is 1.18. The third-order valence-electron chi connectivity index (χ3n) is 6.33. The molecular weight excluding hydrogens is 436 g/mol. The Bertz CT molecular complexity index is 1130. The van der Waals surface area contributed by atoms with Crippen LogP contribution in [-0.2, 0) is 0 Å². The number of hydrogen-bond donors (Lipinski definition) is 0. The highest BCUT2D eigenvalue weighted by atomic mass is 35.5. The molecule has 3 aromatic carbocycles. The third kappa shape index (κ3) is 4.85. The number of halogens is 1. The maximum Gasteiger partial charge on any atom is 0.262 e. The molecule has 2 aliphatic heterocycles. The molecule has 0 aliphatic carbocycles. The van der Waals surface area contributed by atoms with Crippen LogP contribution in [0.4, 0.5) is 5.69 Å². The van der Waals surface area contributed by atoms with Gasteiger partial charge >= 0.3 is 0 Å². The van der Waals surface area contributed by atoms with E-state index in [1.165, 1.54) is 6.42 Å². The van der Waals surface area contributed by atoms with Crippen molar-refractivity contribution in [3.8, 4) is 22.6 Å². The summed E-state index contributed by atoms with van der Waals surface area (Å²) in [6, 6.07) is 21.1. The fraction of sp³-hybridized carbons (Fsp3) is 0.296. The molecule has 1 atom stereocenters. The Morgan fingerprint density at radius 3 is 2.48 bits per heavy atom. The molecule has 2 aliphatic rings. The van der Waals surface area contributed by atoms with E-state index in [2.05, 4.69) is 11.9 Å². The number of carbonyl (C=O) groups is 1. The van der Waals surface area contributed by atoms with E-state index < -0.39 is 0 Å². The molecular formula is C27H27ClN2O3. The molecule has 0 saturated carbocycles. The molecule has 5 nitrogen and oxygen atoms in total. The molecule has 1 saturated heterocycles. The van der Waals surface area contributed by atoms with Crippen LogP contribution in [0.1, 0.15) is 16.8 Å². The lowest BCUT2D eigenvalue weighted by atomic mass is 10.0. The molecule has 1 fully saturated rings. The number of amides is 1. The standard InChI is InChI=1S/C27H27ClN2O3/c1-29-13-12-19(17-29)18-33-24-9-7-23(8-10-24)30-14-15-32-26-16-21(4-11-25(26)27(30)31)20-2-5-22(28)6-3-20/h2-11,16,19H,12-15,17-18H2,1H3. The summed E-state index contributed by atoms with van der Waals surface area (Å²) in [4.78, 5) is 17.4. The molecule has 2 heterocycles. The molecule has 5 rings (SSSR count). The van der Waals surface area contributed by atoms with E-state index in [-0.39, 0.29) is 5.91 Å². The van der Waals surface area contributed by atoms with E-state index in [1.54, 1.807) is 4.90 Å². The second-order valence-corrected chi connectivity index (χ2v) is 9.18. The molecule has 3 aromatic rings. The zero-order chi connectivity index (χ0) is 22.8. The fourth-order valence-electron chi connectivity index (χ4n) is 4.48. The van der Waals surface area contributed by atoms with Crippen LogP contribution in [0, 0.1) is 5.92 Å². The summed E-state index contributed by atoms with van der Waals surface area (Å²) < 4.78 is 12.0. The van der Waals surface area contributed by atoms with Gasteiger partial charge < -0.3 is 19.3 Å². The summed E-state index contributed by atoms with van der Waals surface area (Å²) in [5.41, 5.74) is 3.42. The predicted octanol–water partition coefficient (Wildman–Crippen LogP) is 5.38. The number of likely N-dealkylation sites (tertiary alicyclic amines) is 1. The van der Waals surface area contributed by atoms with Gasteiger partial charge in [0.05, 0.1) is 18.7 Å². The lowest BCUT2D eigenvalue weighted by molar-refractivity contribution is 0.0990. The first-order valence-electron chi connectivity index (χ1n) is 11.3. The van der Waals surface area contributed by atoms with Crippen LogP contribution in [0.5, 0.6) is 11.5 Å². The van der Waals surface area contributed by atoms with Crippen LogP contribution in [-0.4, -0.2) is 50.7 Å². The average molecular weight is 463 g/mol. The number of carbonyl (C=O) groups excluding carboxylic acids is 1. The molecule has 0 spiro atoms. The zero-order valence-electron chi connectivity index (χ0n) is 18.7. The first-order valence-corrected chi connectivity index (χ1v) is 11.7. The minimum absolute atomic E-state index is 0.0622. The van der Waals surface area contributed by atoms with Crippen LogP contribution in [0.3, 0.4) is 0 Å². The van der Waals surface area contributed by atoms with Crippen molar-refractivity contribution in [2.75, 3.05) is 44.8 Å². The Morgan fingerprint density at radius 2 is 1.76 bits per heavy atom. The Balaban J connectivity index is 1.30. The van der Waals surface area contributed by atoms with Crippen LogP contribution in [0.25, 0.3) is 11.1 Å².